The van der Waals surface area contributed by atoms with Crippen LogP contribution in [0.25, 0.3) is 0 Å². The summed E-state index contributed by atoms with van der Waals surface area (Å²) in [7, 11) is -4.02. The Kier molecular flexibility index (Phi) is 8.40. The summed E-state index contributed by atoms with van der Waals surface area (Å²) in [5.74, 6) is -0.798. The number of nitrogens with one attached hydrogen (secondary N) is 2. The summed E-state index contributed by atoms with van der Waals surface area (Å²) in [6, 6.07) is 29.2. The van der Waals surface area contributed by atoms with Crippen molar-refractivity contribution in [1.82, 2.24) is 0 Å². The van der Waals surface area contributed by atoms with Gasteiger partial charge in [0, 0.05) is 16.9 Å². The first-order valence-corrected chi connectivity index (χ1v) is 14.3. The van der Waals surface area contributed by atoms with E-state index in [-0.39, 0.29) is 16.2 Å². The van der Waals surface area contributed by atoms with Crippen molar-refractivity contribution in [3.8, 4) is 0 Å². The molecule has 8 heteroatoms. The standard InChI is InChI=1S/C32H33N3O4S/c1-23-11-8-9-16-29(23)35(40(38,39)28-14-6-5-7-15-28)22-30(36)33-26-12-10-13-27(21-26)34-31(37)24-17-19-25(20-18-24)32(2,3)4/h5-21H,22H2,1-4H3,(H,33,36)(H,34,37). The Morgan fingerprint density at radius 3 is 1.98 bits per heavy atom. The fourth-order valence-electron chi connectivity index (χ4n) is 4.19. The first kappa shape index (κ1) is 28.6. The number of carbonyl (C=O) groups excluding carboxylic acids is 2. The van der Waals surface area contributed by atoms with Gasteiger partial charge in [0.2, 0.25) is 5.91 Å². The van der Waals surface area contributed by atoms with E-state index in [1.165, 1.54) is 12.1 Å². The van der Waals surface area contributed by atoms with Gasteiger partial charge in [0.05, 0.1) is 10.6 Å². The predicted molar refractivity (Wildman–Crippen MR) is 160 cm³/mol. The zero-order valence-electron chi connectivity index (χ0n) is 23.0. The molecule has 0 aliphatic heterocycles. The molecule has 0 aliphatic rings. The lowest BCUT2D eigenvalue weighted by Gasteiger charge is -2.25. The van der Waals surface area contributed by atoms with Gasteiger partial charge in [0.15, 0.2) is 0 Å². The van der Waals surface area contributed by atoms with Crippen LogP contribution in [0.1, 0.15) is 42.3 Å². The molecule has 4 rings (SSSR count). The van der Waals surface area contributed by atoms with Gasteiger partial charge in [0.25, 0.3) is 15.9 Å². The van der Waals surface area contributed by atoms with Gasteiger partial charge in [-0.1, -0.05) is 75.4 Å². The minimum absolute atomic E-state index is 0.0171. The monoisotopic (exact) mass is 555 g/mol. The van der Waals surface area contributed by atoms with Gasteiger partial charge >= 0.3 is 0 Å². The van der Waals surface area contributed by atoms with E-state index >= 15 is 0 Å². The van der Waals surface area contributed by atoms with E-state index in [9.17, 15) is 18.0 Å². The van der Waals surface area contributed by atoms with Crippen molar-refractivity contribution in [1.29, 1.82) is 0 Å². The summed E-state index contributed by atoms with van der Waals surface area (Å²) in [4.78, 5) is 26.1. The van der Waals surface area contributed by atoms with E-state index in [0.29, 0.717) is 22.6 Å². The molecule has 0 radical (unpaired) electrons. The summed E-state index contributed by atoms with van der Waals surface area (Å²) >= 11 is 0. The van der Waals surface area contributed by atoms with Crippen LogP contribution in [0.15, 0.2) is 108 Å². The van der Waals surface area contributed by atoms with Crippen LogP contribution in [0, 0.1) is 6.92 Å². The van der Waals surface area contributed by atoms with Gasteiger partial charge in [-0.05, 0) is 72.0 Å². The van der Waals surface area contributed by atoms with Crippen LogP contribution in [0.2, 0.25) is 0 Å². The largest absolute Gasteiger partial charge is 0.324 e. The lowest BCUT2D eigenvalue weighted by Crippen LogP contribution is -2.38. The van der Waals surface area contributed by atoms with Gasteiger partial charge in [0.1, 0.15) is 6.54 Å². The molecule has 4 aromatic carbocycles. The molecule has 0 aliphatic carbocycles. The van der Waals surface area contributed by atoms with E-state index in [2.05, 4.69) is 31.4 Å². The molecule has 7 nitrogen and oxygen atoms in total. The summed E-state index contributed by atoms with van der Waals surface area (Å²) in [5, 5.41) is 5.62. The molecule has 0 unspecified atom stereocenters. The maximum Gasteiger partial charge on any atom is 0.264 e. The third kappa shape index (κ3) is 6.76. The highest BCUT2D eigenvalue weighted by atomic mass is 32.2. The van der Waals surface area contributed by atoms with Gasteiger partial charge in [-0.3, -0.25) is 13.9 Å². The van der Waals surface area contributed by atoms with E-state index in [4.69, 9.17) is 0 Å². The number of para-hydroxylation sites is 1. The molecule has 40 heavy (non-hydrogen) atoms. The Labute approximate surface area is 235 Å². The second-order valence-electron chi connectivity index (χ2n) is 10.5. The fraction of sp³-hybridized carbons (Fsp3) is 0.188. The number of benzene rings is 4. The van der Waals surface area contributed by atoms with Crippen molar-refractivity contribution >= 4 is 38.9 Å². The summed E-state index contributed by atoms with van der Waals surface area (Å²) in [6.45, 7) is 7.69. The smallest absolute Gasteiger partial charge is 0.264 e. The van der Waals surface area contributed by atoms with Crippen LogP contribution in [-0.4, -0.2) is 26.8 Å². The number of sulfonamides is 1. The zero-order chi connectivity index (χ0) is 28.9. The Morgan fingerprint density at radius 2 is 1.35 bits per heavy atom. The molecule has 0 saturated heterocycles. The first-order chi connectivity index (χ1) is 18.9. The predicted octanol–water partition coefficient (Wildman–Crippen LogP) is 6.38. The number of hydrogen-bond acceptors (Lipinski definition) is 4. The molecule has 0 aromatic heterocycles. The van der Waals surface area contributed by atoms with E-state index < -0.39 is 22.5 Å². The average molecular weight is 556 g/mol. The fourth-order valence-corrected chi connectivity index (χ4v) is 5.70. The number of aryl methyl sites for hydroxylation is 1. The minimum Gasteiger partial charge on any atom is -0.324 e. The van der Waals surface area contributed by atoms with Gasteiger partial charge in [-0.25, -0.2) is 8.42 Å². The average Bonchev–Trinajstić information content (AvgIpc) is 2.92. The maximum absolute atomic E-state index is 13.6. The highest BCUT2D eigenvalue weighted by Crippen LogP contribution is 2.27. The van der Waals surface area contributed by atoms with Crippen LogP contribution >= 0.6 is 0 Å². The van der Waals surface area contributed by atoms with E-state index in [1.807, 2.05) is 18.2 Å². The second-order valence-corrected chi connectivity index (χ2v) is 12.4. The van der Waals surface area contributed by atoms with Crippen LogP contribution in [0.3, 0.4) is 0 Å². The number of anilines is 3. The van der Waals surface area contributed by atoms with Crippen molar-refractivity contribution in [2.75, 3.05) is 21.5 Å². The second kappa shape index (κ2) is 11.8. The van der Waals surface area contributed by atoms with Gasteiger partial charge < -0.3 is 10.6 Å². The first-order valence-electron chi connectivity index (χ1n) is 12.9. The van der Waals surface area contributed by atoms with E-state index in [1.54, 1.807) is 79.7 Å². The summed E-state index contributed by atoms with van der Waals surface area (Å²) in [5.41, 5.74) is 3.68. The SMILES string of the molecule is Cc1ccccc1N(CC(=O)Nc1cccc(NC(=O)c2ccc(C(C)(C)C)cc2)c1)S(=O)(=O)c1ccccc1. The molecule has 2 amide bonds. The van der Waals surface area contributed by atoms with E-state index in [0.717, 1.165) is 15.4 Å². The molecular weight excluding hydrogens is 522 g/mol. The van der Waals surface area contributed by atoms with Crippen molar-refractivity contribution in [2.45, 2.75) is 38.0 Å². The molecule has 0 saturated carbocycles. The lowest BCUT2D eigenvalue weighted by molar-refractivity contribution is -0.114. The topological polar surface area (TPSA) is 95.6 Å². The van der Waals surface area contributed by atoms with Crippen LogP contribution < -0.4 is 14.9 Å². The molecule has 0 heterocycles. The molecule has 206 valence electrons. The van der Waals surface area contributed by atoms with Crippen molar-refractivity contribution in [3.63, 3.8) is 0 Å². The summed E-state index contributed by atoms with van der Waals surface area (Å²) in [6.07, 6.45) is 0. The summed E-state index contributed by atoms with van der Waals surface area (Å²) < 4.78 is 28.2. The third-order valence-corrected chi connectivity index (χ3v) is 8.19. The van der Waals surface area contributed by atoms with Crippen molar-refractivity contribution in [2.24, 2.45) is 0 Å². The Hall–Kier alpha value is -4.43. The number of rotatable bonds is 8. The number of amides is 2. The molecule has 2 N–H and O–H groups in total. The lowest BCUT2D eigenvalue weighted by atomic mass is 9.87. The molecular formula is C32H33N3O4S. The molecule has 4 aromatic rings. The maximum atomic E-state index is 13.6. The Balaban J connectivity index is 1.51. The number of carbonyl (C=O) groups is 2. The van der Waals surface area contributed by atoms with Gasteiger partial charge in [-0.15, -0.1) is 0 Å². The quantitative estimate of drug-likeness (QED) is 0.264. The zero-order valence-corrected chi connectivity index (χ0v) is 23.8. The highest BCUT2D eigenvalue weighted by Gasteiger charge is 2.28. The van der Waals surface area contributed by atoms with Crippen LogP contribution in [0.5, 0.6) is 0 Å². The normalized spacial score (nSPS) is 11.5. The minimum atomic E-state index is -4.02. The van der Waals surface area contributed by atoms with Crippen LogP contribution in [0.4, 0.5) is 17.1 Å². The number of hydrogen-bond donors (Lipinski definition) is 2. The molecule has 0 spiro atoms. The Bertz CT molecular complexity index is 1610. The molecule has 0 fully saturated rings. The van der Waals surface area contributed by atoms with Crippen molar-refractivity contribution in [3.05, 3.63) is 120 Å². The van der Waals surface area contributed by atoms with Crippen LogP contribution in [-0.2, 0) is 20.2 Å². The molecule has 0 bridgehead atoms. The Morgan fingerprint density at radius 1 is 0.750 bits per heavy atom. The molecule has 0 atom stereocenters. The highest BCUT2D eigenvalue weighted by molar-refractivity contribution is 7.92. The third-order valence-electron chi connectivity index (χ3n) is 6.42. The number of nitrogens with zero attached hydrogens (tertiary/aromatic N) is 1. The van der Waals surface area contributed by atoms with Crippen molar-refractivity contribution < 1.29 is 18.0 Å². The van der Waals surface area contributed by atoms with Gasteiger partial charge in [-0.2, -0.15) is 0 Å².